The van der Waals surface area contributed by atoms with Crippen molar-refractivity contribution in [1.82, 2.24) is 10.2 Å². The molecule has 0 radical (unpaired) electrons. The van der Waals surface area contributed by atoms with E-state index < -0.39 is 22.5 Å². The van der Waals surface area contributed by atoms with E-state index in [1.807, 2.05) is 0 Å². The smallest absolute Gasteiger partial charge is 0.270 e. The van der Waals surface area contributed by atoms with Gasteiger partial charge in [-0.1, -0.05) is 6.07 Å². The van der Waals surface area contributed by atoms with Crippen molar-refractivity contribution in [2.45, 2.75) is 18.9 Å². The van der Waals surface area contributed by atoms with Gasteiger partial charge in [-0.2, -0.15) is 0 Å². The minimum absolute atomic E-state index is 0.0367. The lowest BCUT2D eigenvalue weighted by molar-refractivity contribution is -0.384. The molecule has 0 saturated carbocycles. The van der Waals surface area contributed by atoms with Gasteiger partial charge in [0.2, 0.25) is 5.91 Å². The maximum Gasteiger partial charge on any atom is 0.270 e. The zero-order valence-corrected chi connectivity index (χ0v) is 15.8. The van der Waals surface area contributed by atoms with Crippen LogP contribution in [0.25, 0.3) is 0 Å². The van der Waals surface area contributed by atoms with Gasteiger partial charge in [0.25, 0.3) is 11.6 Å². The molecule has 0 atom stereocenters. The van der Waals surface area contributed by atoms with Crippen LogP contribution < -0.4 is 10.1 Å². The van der Waals surface area contributed by atoms with Crippen molar-refractivity contribution >= 4 is 17.5 Å². The molecular formula is C20H19F2N3O5. The number of carbonyl (C=O) groups is 2. The molecule has 8 nitrogen and oxygen atoms in total. The molecule has 1 aliphatic rings. The molecule has 10 heteroatoms. The van der Waals surface area contributed by atoms with E-state index in [2.05, 4.69) is 5.32 Å². The van der Waals surface area contributed by atoms with Gasteiger partial charge in [0.15, 0.2) is 11.6 Å². The minimum Gasteiger partial charge on any atom is -0.487 e. The maximum atomic E-state index is 13.7. The average molecular weight is 419 g/mol. The molecular weight excluding hydrogens is 400 g/mol. The van der Waals surface area contributed by atoms with Crippen LogP contribution in [0.2, 0.25) is 0 Å². The van der Waals surface area contributed by atoms with Crippen LogP contribution in [0, 0.1) is 21.7 Å². The van der Waals surface area contributed by atoms with E-state index in [1.54, 1.807) is 4.90 Å². The molecule has 2 aromatic carbocycles. The minimum atomic E-state index is -0.780. The summed E-state index contributed by atoms with van der Waals surface area (Å²) in [4.78, 5) is 36.2. The number of hydrogen-bond acceptors (Lipinski definition) is 5. The number of likely N-dealkylation sites (tertiary alicyclic amines) is 1. The fraction of sp³-hybridized carbons (Fsp3) is 0.300. The Morgan fingerprint density at radius 3 is 2.57 bits per heavy atom. The molecule has 0 bridgehead atoms. The first-order chi connectivity index (χ1) is 14.3. The second-order valence-corrected chi connectivity index (χ2v) is 6.76. The number of benzene rings is 2. The molecule has 1 N–H and O–H groups in total. The van der Waals surface area contributed by atoms with Crippen molar-refractivity contribution in [1.29, 1.82) is 0 Å². The van der Waals surface area contributed by atoms with Crippen LogP contribution in [0.1, 0.15) is 23.2 Å². The molecule has 0 unspecified atom stereocenters. The number of ether oxygens (including phenoxy) is 1. The lowest BCUT2D eigenvalue weighted by atomic mass is 10.1. The summed E-state index contributed by atoms with van der Waals surface area (Å²) >= 11 is 0. The molecule has 0 aliphatic carbocycles. The topological polar surface area (TPSA) is 102 Å². The van der Waals surface area contributed by atoms with Crippen molar-refractivity contribution in [3.63, 3.8) is 0 Å². The standard InChI is InChI=1S/C20H19F2N3O5/c21-14-4-5-18(17(22)11-14)30-16-6-8-24(9-7-16)19(26)12-23-20(27)13-2-1-3-15(10-13)25(28)29/h1-5,10-11,16H,6-9,12H2,(H,23,27). The van der Waals surface area contributed by atoms with E-state index in [0.717, 1.165) is 18.2 Å². The van der Waals surface area contributed by atoms with Gasteiger partial charge >= 0.3 is 0 Å². The summed E-state index contributed by atoms with van der Waals surface area (Å²) in [7, 11) is 0. The van der Waals surface area contributed by atoms with Gasteiger partial charge in [-0.15, -0.1) is 0 Å². The molecule has 1 fully saturated rings. The Labute approximate surface area is 170 Å². The average Bonchev–Trinajstić information content (AvgIpc) is 2.74. The quantitative estimate of drug-likeness (QED) is 0.573. The molecule has 2 amide bonds. The lowest BCUT2D eigenvalue weighted by Crippen LogP contribution is -2.46. The van der Waals surface area contributed by atoms with Crippen LogP contribution in [0.15, 0.2) is 42.5 Å². The number of nitrogens with one attached hydrogen (secondary N) is 1. The maximum absolute atomic E-state index is 13.7. The fourth-order valence-corrected chi connectivity index (χ4v) is 3.10. The Morgan fingerprint density at radius 2 is 1.90 bits per heavy atom. The van der Waals surface area contributed by atoms with Crippen molar-refractivity contribution in [2.24, 2.45) is 0 Å². The van der Waals surface area contributed by atoms with Gasteiger partial charge in [-0.25, -0.2) is 8.78 Å². The zero-order valence-electron chi connectivity index (χ0n) is 15.8. The van der Waals surface area contributed by atoms with Crippen LogP contribution in [0.4, 0.5) is 14.5 Å². The SMILES string of the molecule is O=C(NCC(=O)N1CCC(Oc2ccc(F)cc2F)CC1)c1cccc([N+](=O)[O-])c1. The number of nitrogens with zero attached hydrogens (tertiary/aromatic N) is 2. The zero-order chi connectivity index (χ0) is 21.7. The number of amides is 2. The molecule has 158 valence electrons. The Balaban J connectivity index is 1.46. The molecule has 3 rings (SSSR count). The highest BCUT2D eigenvalue weighted by Gasteiger charge is 2.25. The van der Waals surface area contributed by atoms with Crippen LogP contribution in [0.3, 0.4) is 0 Å². The summed E-state index contributed by atoms with van der Waals surface area (Å²) in [5.41, 5.74) is -0.126. The third-order valence-electron chi connectivity index (χ3n) is 4.70. The van der Waals surface area contributed by atoms with Crippen LogP contribution in [-0.4, -0.2) is 47.4 Å². The summed E-state index contributed by atoms with van der Waals surface area (Å²) in [5.74, 6) is -2.40. The molecule has 30 heavy (non-hydrogen) atoms. The Kier molecular flexibility index (Phi) is 6.55. The van der Waals surface area contributed by atoms with E-state index in [4.69, 9.17) is 4.74 Å². The first-order valence-electron chi connectivity index (χ1n) is 9.25. The summed E-state index contributed by atoms with van der Waals surface area (Å²) in [6.45, 7) is 0.470. The molecule has 0 aromatic heterocycles. The van der Waals surface area contributed by atoms with Gasteiger partial charge in [-0.3, -0.25) is 19.7 Å². The monoisotopic (exact) mass is 419 g/mol. The van der Waals surface area contributed by atoms with Crippen molar-refractivity contribution in [2.75, 3.05) is 19.6 Å². The Bertz CT molecular complexity index is 961. The highest BCUT2D eigenvalue weighted by Crippen LogP contribution is 2.23. The van der Waals surface area contributed by atoms with Gasteiger partial charge in [0, 0.05) is 49.7 Å². The van der Waals surface area contributed by atoms with Crippen LogP contribution >= 0.6 is 0 Å². The van der Waals surface area contributed by atoms with E-state index in [0.29, 0.717) is 25.9 Å². The van der Waals surface area contributed by atoms with Gasteiger partial charge < -0.3 is 15.0 Å². The molecule has 2 aromatic rings. The highest BCUT2D eigenvalue weighted by molar-refractivity contribution is 5.96. The molecule has 1 aliphatic heterocycles. The summed E-state index contributed by atoms with van der Waals surface area (Å²) in [6.07, 6.45) is 0.608. The Morgan fingerprint density at radius 1 is 1.17 bits per heavy atom. The van der Waals surface area contributed by atoms with E-state index in [-0.39, 0.29) is 35.6 Å². The van der Waals surface area contributed by atoms with Gasteiger partial charge in [0.05, 0.1) is 11.5 Å². The van der Waals surface area contributed by atoms with Crippen molar-refractivity contribution in [3.8, 4) is 5.75 Å². The van der Waals surface area contributed by atoms with Gasteiger partial charge in [-0.05, 0) is 18.2 Å². The molecule has 1 heterocycles. The molecule has 0 spiro atoms. The number of nitro benzene ring substituents is 1. The lowest BCUT2D eigenvalue weighted by Gasteiger charge is -2.32. The van der Waals surface area contributed by atoms with E-state index >= 15 is 0 Å². The number of rotatable bonds is 6. The van der Waals surface area contributed by atoms with E-state index in [1.165, 1.54) is 24.3 Å². The number of carbonyl (C=O) groups excluding carboxylic acids is 2. The summed E-state index contributed by atoms with van der Waals surface area (Å²) in [6, 6.07) is 8.31. The molecule has 1 saturated heterocycles. The number of hydrogen-bond donors (Lipinski definition) is 1. The number of nitro groups is 1. The van der Waals surface area contributed by atoms with Crippen molar-refractivity contribution in [3.05, 3.63) is 69.8 Å². The van der Waals surface area contributed by atoms with Crippen LogP contribution in [0.5, 0.6) is 5.75 Å². The normalized spacial score (nSPS) is 14.3. The largest absolute Gasteiger partial charge is 0.487 e. The first kappa shape index (κ1) is 21.2. The summed E-state index contributed by atoms with van der Waals surface area (Å²) in [5, 5.41) is 13.2. The number of piperidine rings is 1. The summed E-state index contributed by atoms with van der Waals surface area (Å²) < 4.78 is 32.2. The van der Waals surface area contributed by atoms with Crippen molar-refractivity contribution < 1.29 is 28.0 Å². The highest BCUT2D eigenvalue weighted by atomic mass is 19.1. The van der Waals surface area contributed by atoms with Gasteiger partial charge in [0.1, 0.15) is 11.9 Å². The third kappa shape index (κ3) is 5.28. The second kappa shape index (κ2) is 9.29. The first-order valence-corrected chi connectivity index (χ1v) is 9.25. The predicted molar refractivity (Wildman–Crippen MR) is 102 cm³/mol. The van der Waals surface area contributed by atoms with E-state index in [9.17, 15) is 28.5 Å². The fourth-order valence-electron chi connectivity index (χ4n) is 3.10. The third-order valence-corrected chi connectivity index (χ3v) is 4.70. The second-order valence-electron chi connectivity index (χ2n) is 6.76. The van der Waals surface area contributed by atoms with Crippen LogP contribution in [-0.2, 0) is 4.79 Å². The predicted octanol–water partition coefficient (Wildman–Crippen LogP) is 2.67. The Hall–Kier alpha value is -3.56. The number of non-ortho nitro benzene ring substituents is 1. The number of halogens is 2.